The number of nitrogens with zero attached hydrogens (tertiary/aromatic N) is 1. The van der Waals surface area contributed by atoms with Crippen LogP contribution in [-0.2, 0) is 0 Å². The van der Waals surface area contributed by atoms with Crippen molar-refractivity contribution in [3.63, 3.8) is 0 Å². The van der Waals surface area contributed by atoms with Crippen LogP contribution in [0.25, 0.3) is 0 Å². The molecular formula is C7H4FN. The molecule has 0 unspecified atom stereocenters. The first-order valence-corrected chi connectivity index (χ1v) is 2.40. The number of aromatic nitrogens is 1. The summed E-state index contributed by atoms with van der Waals surface area (Å²) in [6.07, 6.45) is 7.48. The molecule has 0 saturated carbocycles. The van der Waals surface area contributed by atoms with Gasteiger partial charge in [0.1, 0.15) is 0 Å². The van der Waals surface area contributed by atoms with E-state index in [0.717, 1.165) is 6.20 Å². The molecule has 1 heterocycles. The molecule has 0 atom stereocenters. The summed E-state index contributed by atoms with van der Waals surface area (Å²) in [6.45, 7) is 0. The Kier molecular flexibility index (Phi) is 1.46. The molecule has 1 aromatic rings. The van der Waals surface area contributed by atoms with Gasteiger partial charge >= 0.3 is 0 Å². The van der Waals surface area contributed by atoms with Crippen LogP contribution in [0.5, 0.6) is 0 Å². The SMILES string of the molecule is C#Cc1ccncc1F. The van der Waals surface area contributed by atoms with Gasteiger partial charge in [0.2, 0.25) is 0 Å². The molecule has 0 aromatic carbocycles. The van der Waals surface area contributed by atoms with Gasteiger partial charge in [-0.2, -0.15) is 0 Å². The van der Waals surface area contributed by atoms with E-state index in [4.69, 9.17) is 6.42 Å². The normalized spacial score (nSPS) is 8.44. The van der Waals surface area contributed by atoms with Gasteiger partial charge in [-0.15, -0.1) is 6.42 Å². The summed E-state index contributed by atoms with van der Waals surface area (Å²) in [4.78, 5) is 3.52. The smallest absolute Gasteiger partial charge is 0.157 e. The van der Waals surface area contributed by atoms with E-state index in [1.165, 1.54) is 12.3 Å². The molecule has 0 bridgehead atoms. The molecule has 0 amide bonds. The molecule has 1 nitrogen and oxygen atoms in total. The van der Waals surface area contributed by atoms with Crippen molar-refractivity contribution < 1.29 is 4.39 Å². The summed E-state index contributed by atoms with van der Waals surface area (Å²) in [5.41, 5.74) is 0.255. The number of hydrogen-bond donors (Lipinski definition) is 0. The molecule has 0 N–H and O–H groups in total. The third kappa shape index (κ3) is 1.06. The molecular weight excluding hydrogens is 117 g/mol. The maximum atomic E-state index is 12.4. The third-order valence-electron chi connectivity index (χ3n) is 0.928. The third-order valence-corrected chi connectivity index (χ3v) is 0.928. The van der Waals surface area contributed by atoms with E-state index in [-0.39, 0.29) is 5.56 Å². The van der Waals surface area contributed by atoms with Crippen LogP contribution in [0.2, 0.25) is 0 Å². The first-order valence-electron chi connectivity index (χ1n) is 2.40. The predicted octanol–water partition coefficient (Wildman–Crippen LogP) is 1.20. The second-order valence-electron chi connectivity index (χ2n) is 1.50. The largest absolute Gasteiger partial charge is 0.262 e. The van der Waals surface area contributed by atoms with Crippen LogP contribution in [-0.4, -0.2) is 4.98 Å². The summed E-state index contributed by atoms with van der Waals surface area (Å²) in [5.74, 6) is 1.74. The Morgan fingerprint density at radius 2 is 2.44 bits per heavy atom. The zero-order valence-corrected chi connectivity index (χ0v) is 4.63. The molecule has 0 radical (unpaired) electrons. The monoisotopic (exact) mass is 121 g/mol. The van der Waals surface area contributed by atoms with Crippen LogP contribution < -0.4 is 0 Å². The molecule has 0 aliphatic heterocycles. The summed E-state index contributed by atoms with van der Waals surface area (Å²) in [6, 6.07) is 1.45. The maximum absolute atomic E-state index is 12.4. The topological polar surface area (TPSA) is 12.9 Å². The van der Waals surface area contributed by atoms with Gasteiger partial charge < -0.3 is 0 Å². The highest BCUT2D eigenvalue weighted by atomic mass is 19.1. The molecule has 0 aliphatic carbocycles. The molecule has 0 spiro atoms. The van der Waals surface area contributed by atoms with Gasteiger partial charge in [-0.05, 0) is 6.07 Å². The van der Waals surface area contributed by atoms with E-state index >= 15 is 0 Å². The van der Waals surface area contributed by atoms with Crippen LogP contribution in [0, 0.1) is 18.2 Å². The van der Waals surface area contributed by atoms with Crippen molar-refractivity contribution in [3.8, 4) is 12.3 Å². The highest BCUT2D eigenvalue weighted by Gasteiger charge is 1.93. The van der Waals surface area contributed by atoms with Crippen molar-refractivity contribution in [2.45, 2.75) is 0 Å². The molecule has 9 heavy (non-hydrogen) atoms. The van der Waals surface area contributed by atoms with Gasteiger partial charge in [-0.3, -0.25) is 4.98 Å². The highest BCUT2D eigenvalue weighted by molar-refractivity contribution is 5.30. The van der Waals surface area contributed by atoms with Crippen LogP contribution in [0.1, 0.15) is 5.56 Å². The number of terminal acetylenes is 1. The number of rotatable bonds is 0. The molecule has 0 saturated heterocycles. The first-order chi connectivity index (χ1) is 4.34. The van der Waals surface area contributed by atoms with Gasteiger partial charge in [0, 0.05) is 6.20 Å². The summed E-state index contributed by atoms with van der Waals surface area (Å²) in [5, 5.41) is 0. The van der Waals surface area contributed by atoms with Gasteiger partial charge in [-0.1, -0.05) is 5.92 Å². The zero-order chi connectivity index (χ0) is 6.69. The Hall–Kier alpha value is -1.36. The minimum atomic E-state index is -0.444. The Bertz CT molecular complexity index is 249. The molecule has 2 heteroatoms. The highest BCUT2D eigenvalue weighted by Crippen LogP contribution is 2.00. The lowest BCUT2D eigenvalue weighted by Gasteiger charge is -1.88. The Morgan fingerprint density at radius 3 is 2.89 bits per heavy atom. The zero-order valence-electron chi connectivity index (χ0n) is 4.63. The lowest BCUT2D eigenvalue weighted by Crippen LogP contribution is -1.82. The summed E-state index contributed by atoms with van der Waals surface area (Å²) in [7, 11) is 0. The van der Waals surface area contributed by atoms with Crippen molar-refractivity contribution >= 4 is 0 Å². The molecule has 0 aliphatic rings. The summed E-state index contributed by atoms with van der Waals surface area (Å²) < 4.78 is 12.4. The first kappa shape index (κ1) is 5.77. The second kappa shape index (κ2) is 2.27. The molecule has 1 rings (SSSR count). The van der Waals surface area contributed by atoms with Crippen molar-refractivity contribution in [3.05, 3.63) is 29.8 Å². The Morgan fingerprint density at radius 1 is 1.67 bits per heavy atom. The van der Waals surface area contributed by atoms with E-state index in [2.05, 4.69) is 10.9 Å². The quantitative estimate of drug-likeness (QED) is 0.470. The number of pyridine rings is 1. The second-order valence-corrected chi connectivity index (χ2v) is 1.50. The minimum Gasteiger partial charge on any atom is -0.262 e. The molecule has 0 fully saturated rings. The molecule has 44 valence electrons. The van der Waals surface area contributed by atoms with Crippen LogP contribution in [0.15, 0.2) is 18.5 Å². The van der Waals surface area contributed by atoms with Crippen molar-refractivity contribution in [2.24, 2.45) is 0 Å². The number of hydrogen-bond acceptors (Lipinski definition) is 1. The number of halogens is 1. The van der Waals surface area contributed by atoms with E-state index in [0.29, 0.717) is 0 Å². The van der Waals surface area contributed by atoms with Gasteiger partial charge in [-0.25, -0.2) is 4.39 Å². The average Bonchev–Trinajstić information content (AvgIpc) is 1.89. The van der Waals surface area contributed by atoms with Crippen LogP contribution in [0.3, 0.4) is 0 Å². The van der Waals surface area contributed by atoms with Crippen molar-refractivity contribution in [2.75, 3.05) is 0 Å². The van der Waals surface area contributed by atoms with E-state index in [1.807, 2.05) is 0 Å². The van der Waals surface area contributed by atoms with Gasteiger partial charge in [0.25, 0.3) is 0 Å². The Labute approximate surface area is 52.5 Å². The Balaban J connectivity index is 3.20. The van der Waals surface area contributed by atoms with E-state index in [9.17, 15) is 4.39 Å². The summed E-state index contributed by atoms with van der Waals surface area (Å²) >= 11 is 0. The van der Waals surface area contributed by atoms with Gasteiger partial charge in [0.15, 0.2) is 5.82 Å². The molecule has 1 aromatic heterocycles. The fraction of sp³-hybridized carbons (Fsp3) is 0. The van der Waals surface area contributed by atoms with E-state index in [1.54, 1.807) is 0 Å². The lowest BCUT2D eigenvalue weighted by molar-refractivity contribution is 0.618. The standard InChI is InChI=1S/C7H4FN/c1-2-6-3-4-9-5-7(6)8/h1,3-5H. The van der Waals surface area contributed by atoms with Crippen molar-refractivity contribution in [1.29, 1.82) is 0 Å². The maximum Gasteiger partial charge on any atom is 0.157 e. The average molecular weight is 121 g/mol. The van der Waals surface area contributed by atoms with Crippen LogP contribution >= 0.6 is 0 Å². The fourth-order valence-corrected chi connectivity index (χ4v) is 0.492. The minimum absolute atomic E-state index is 0.255. The predicted molar refractivity (Wildman–Crippen MR) is 32.1 cm³/mol. The fourth-order valence-electron chi connectivity index (χ4n) is 0.492. The van der Waals surface area contributed by atoms with Crippen LogP contribution in [0.4, 0.5) is 4.39 Å². The lowest BCUT2D eigenvalue weighted by atomic mass is 10.3. The van der Waals surface area contributed by atoms with Crippen molar-refractivity contribution in [1.82, 2.24) is 4.98 Å². The van der Waals surface area contributed by atoms with Gasteiger partial charge in [0.05, 0.1) is 11.8 Å². The van der Waals surface area contributed by atoms with E-state index < -0.39 is 5.82 Å².